The number of halogens is 1. The van der Waals surface area contributed by atoms with Crippen molar-refractivity contribution in [3.8, 4) is 0 Å². The van der Waals surface area contributed by atoms with Crippen molar-refractivity contribution in [3.05, 3.63) is 11.1 Å². The first-order chi connectivity index (χ1) is 7.52. The van der Waals surface area contributed by atoms with Crippen molar-refractivity contribution in [1.82, 2.24) is 14.5 Å². The number of carbonyl (C=O) groups excluding carboxylic acids is 1. The van der Waals surface area contributed by atoms with E-state index in [1.54, 1.807) is 11.9 Å². The molecule has 0 saturated carbocycles. The number of carbonyl (C=O) groups is 1. The molecule has 7 heteroatoms. The average Bonchev–Trinajstić information content (AvgIpc) is 2.77. The zero-order chi connectivity index (χ0) is 12.1. The van der Waals surface area contributed by atoms with Gasteiger partial charge in [0.25, 0.3) is 5.91 Å². The molecule has 0 spiro atoms. The molecule has 1 amide bonds. The lowest BCUT2D eigenvalue weighted by Gasteiger charge is -2.20. The maximum Gasteiger partial charge on any atom is 0.266 e. The van der Waals surface area contributed by atoms with Gasteiger partial charge in [0.1, 0.15) is 4.88 Å². The summed E-state index contributed by atoms with van der Waals surface area (Å²) in [4.78, 5) is 14.0. The Morgan fingerprint density at radius 1 is 1.59 bits per heavy atom. The predicted molar refractivity (Wildman–Crippen MR) is 71.5 cm³/mol. The van der Waals surface area contributed by atoms with Crippen molar-refractivity contribution in [3.63, 3.8) is 0 Å². The monoisotopic (exact) mass is 278 g/mol. The van der Waals surface area contributed by atoms with Crippen LogP contribution in [-0.4, -0.2) is 40.0 Å². The second-order valence-corrected chi connectivity index (χ2v) is 4.99. The van der Waals surface area contributed by atoms with Crippen molar-refractivity contribution >= 4 is 29.8 Å². The fourth-order valence-corrected chi connectivity index (χ4v) is 1.74. The van der Waals surface area contributed by atoms with E-state index in [2.05, 4.69) is 23.4 Å². The highest BCUT2D eigenvalue weighted by Gasteiger charge is 2.15. The molecule has 1 heterocycles. The van der Waals surface area contributed by atoms with Gasteiger partial charge in [-0.25, -0.2) is 0 Å². The van der Waals surface area contributed by atoms with Crippen LogP contribution in [0.4, 0.5) is 0 Å². The summed E-state index contributed by atoms with van der Waals surface area (Å²) in [6.07, 6.45) is 2.30. The highest BCUT2D eigenvalue weighted by atomic mass is 35.5. The van der Waals surface area contributed by atoms with Crippen LogP contribution in [0, 0.1) is 5.92 Å². The Bertz CT molecular complexity index is 331. The molecule has 1 atom stereocenters. The van der Waals surface area contributed by atoms with Gasteiger partial charge in [0.2, 0.25) is 0 Å². The Morgan fingerprint density at radius 2 is 2.24 bits per heavy atom. The first-order valence-corrected chi connectivity index (χ1v) is 6.08. The third kappa shape index (κ3) is 4.97. The summed E-state index contributed by atoms with van der Waals surface area (Å²) >= 11 is 1.12. The third-order valence-electron chi connectivity index (χ3n) is 2.57. The number of rotatable bonds is 5. The number of amides is 1. The second-order valence-electron chi connectivity index (χ2n) is 4.21. The van der Waals surface area contributed by atoms with Crippen LogP contribution in [0.1, 0.15) is 29.9 Å². The van der Waals surface area contributed by atoms with Gasteiger partial charge in [-0.15, -0.1) is 17.5 Å². The first-order valence-electron chi connectivity index (χ1n) is 5.30. The quantitative estimate of drug-likeness (QED) is 0.884. The van der Waals surface area contributed by atoms with E-state index in [1.807, 2.05) is 0 Å². The molecule has 17 heavy (non-hydrogen) atoms. The van der Waals surface area contributed by atoms with Gasteiger partial charge >= 0.3 is 0 Å². The van der Waals surface area contributed by atoms with E-state index in [4.69, 9.17) is 5.73 Å². The largest absolute Gasteiger partial charge is 0.341 e. The van der Waals surface area contributed by atoms with Gasteiger partial charge < -0.3 is 10.6 Å². The van der Waals surface area contributed by atoms with E-state index < -0.39 is 0 Å². The van der Waals surface area contributed by atoms with Crippen molar-refractivity contribution in [2.75, 3.05) is 13.6 Å². The summed E-state index contributed by atoms with van der Waals surface area (Å²) in [5.74, 6) is 0.402. The lowest BCUT2D eigenvalue weighted by atomic mass is 10.0. The Hall–Kier alpha value is -0.720. The molecular weight excluding hydrogens is 260 g/mol. The minimum absolute atomic E-state index is 0. The van der Waals surface area contributed by atoms with Gasteiger partial charge in [-0.1, -0.05) is 18.3 Å². The lowest BCUT2D eigenvalue weighted by molar-refractivity contribution is 0.0793. The van der Waals surface area contributed by atoms with Gasteiger partial charge in [-0.2, -0.15) is 0 Å². The Balaban J connectivity index is 0.00000256. The standard InChI is InChI=1S/C10H18N4OS.ClH/c1-7(2)8(11)4-5-14(3)10(15)9-6-12-13-16-9;/h6-8H,4-5,11H2,1-3H3;1H. The van der Waals surface area contributed by atoms with Crippen LogP contribution >= 0.6 is 23.9 Å². The SMILES string of the molecule is CC(C)C(N)CCN(C)C(=O)c1cnns1.Cl. The molecule has 98 valence electrons. The van der Waals surface area contributed by atoms with Crippen LogP contribution in [0.2, 0.25) is 0 Å². The Morgan fingerprint density at radius 3 is 2.71 bits per heavy atom. The van der Waals surface area contributed by atoms with Gasteiger partial charge in [0, 0.05) is 19.6 Å². The number of nitrogens with zero attached hydrogens (tertiary/aromatic N) is 3. The van der Waals surface area contributed by atoms with Crippen molar-refractivity contribution in [1.29, 1.82) is 0 Å². The fraction of sp³-hybridized carbons (Fsp3) is 0.700. The van der Waals surface area contributed by atoms with Gasteiger partial charge in [-0.05, 0) is 23.9 Å². The fourth-order valence-electron chi connectivity index (χ4n) is 1.23. The Labute approximate surface area is 112 Å². The minimum Gasteiger partial charge on any atom is -0.341 e. The van der Waals surface area contributed by atoms with Crippen LogP contribution < -0.4 is 5.73 Å². The molecule has 0 aliphatic heterocycles. The highest BCUT2D eigenvalue weighted by molar-refractivity contribution is 7.07. The predicted octanol–water partition coefficient (Wildman–Crippen LogP) is 1.41. The van der Waals surface area contributed by atoms with Crippen molar-refractivity contribution in [2.24, 2.45) is 11.7 Å². The van der Waals surface area contributed by atoms with E-state index in [9.17, 15) is 4.79 Å². The Kier molecular flexibility index (Phi) is 7.26. The van der Waals surface area contributed by atoms with Crippen LogP contribution in [0.3, 0.4) is 0 Å². The van der Waals surface area contributed by atoms with Crippen LogP contribution in [0.5, 0.6) is 0 Å². The van der Waals surface area contributed by atoms with Crippen molar-refractivity contribution < 1.29 is 4.79 Å². The maximum atomic E-state index is 11.8. The molecule has 0 aliphatic carbocycles. The summed E-state index contributed by atoms with van der Waals surface area (Å²) in [6, 6.07) is 0.134. The zero-order valence-corrected chi connectivity index (χ0v) is 11.9. The molecule has 0 fully saturated rings. The lowest BCUT2D eigenvalue weighted by Crippen LogP contribution is -2.34. The topological polar surface area (TPSA) is 72.1 Å². The highest BCUT2D eigenvalue weighted by Crippen LogP contribution is 2.08. The number of nitrogens with two attached hydrogens (primary N) is 1. The smallest absolute Gasteiger partial charge is 0.266 e. The molecule has 0 radical (unpaired) electrons. The molecule has 1 aromatic heterocycles. The minimum atomic E-state index is -0.0362. The normalized spacial score (nSPS) is 12.1. The number of aromatic nitrogens is 2. The first kappa shape index (κ1) is 16.3. The van der Waals surface area contributed by atoms with E-state index in [1.165, 1.54) is 6.20 Å². The molecular formula is C10H19ClN4OS. The van der Waals surface area contributed by atoms with Crippen LogP contribution in [0.25, 0.3) is 0 Å². The molecule has 1 aromatic rings. The van der Waals surface area contributed by atoms with Crippen LogP contribution in [0.15, 0.2) is 6.20 Å². The number of hydrogen-bond acceptors (Lipinski definition) is 5. The van der Waals surface area contributed by atoms with Gasteiger partial charge in [0.05, 0.1) is 6.20 Å². The summed E-state index contributed by atoms with van der Waals surface area (Å²) in [5, 5.41) is 3.65. The number of hydrogen-bond donors (Lipinski definition) is 1. The van der Waals surface area contributed by atoms with E-state index >= 15 is 0 Å². The van der Waals surface area contributed by atoms with Crippen molar-refractivity contribution in [2.45, 2.75) is 26.3 Å². The molecule has 2 N–H and O–H groups in total. The molecule has 0 saturated heterocycles. The maximum absolute atomic E-state index is 11.8. The molecule has 1 unspecified atom stereocenters. The van der Waals surface area contributed by atoms with Crippen LogP contribution in [-0.2, 0) is 0 Å². The van der Waals surface area contributed by atoms with E-state index in [0.29, 0.717) is 17.3 Å². The molecule has 5 nitrogen and oxygen atoms in total. The van der Waals surface area contributed by atoms with Gasteiger partial charge in [-0.3, -0.25) is 4.79 Å². The third-order valence-corrected chi connectivity index (χ3v) is 3.23. The van der Waals surface area contributed by atoms with E-state index in [-0.39, 0.29) is 24.4 Å². The summed E-state index contributed by atoms with van der Waals surface area (Å²) in [5.41, 5.74) is 5.92. The molecule has 0 aliphatic rings. The van der Waals surface area contributed by atoms with Gasteiger partial charge in [0.15, 0.2) is 0 Å². The molecule has 0 bridgehead atoms. The second kappa shape index (κ2) is 7.58. The summed E-state index contributed by atoms with van der Waals surface area (Å²) < 4.78 is 3.67. The molecule has 0 aromatic carbocycles. The van der Waals surface area contributed by atoms with E-state index in [0.717, 1.165) is 18.0 Å². The zero-order valence-electron chi connectivity index (χ0n) is 10.3. The summed E-state index contributed by atoms with van der Waals surface area (Å²) in [6.45, 7) is 4.83. The average molecular weight is 279 g/mol. The summed E-state index contributed by atoms with van der Waals surface area (Å²) in [7, 11) is 1.77. The molecule has 1 rings (SSSR count).